The highest BCUT2D eigenvalue weighted by molar-refractivity contribution is 7.18. The minimum Gasteiger partial charge on any atom is -0.497 e. The minimum absolute atomic E-state index is 0.0652. The number of benzene rings is 2. The Balaban J connectivity index is 1.29. The van der Waals surface area contributed by atoms with Crippen molar-refractivity contribution in [3.05, 3.63) is 65.2 Å². The Hall–Kier alpha value is -2.70. The first-order valence-electron chi connectivity index (χ1n) is 9.39. The summed E-state index contributed by atoms with van der Waals surface area (Å²) >= 11 is 1.75. The fraction of sp³-hybridized carbons (Fsp3) is 0.273. The van der Waals surface area contributed by atoms with Crippen molar-refractivity contribution in [3.8, 4) is 5.75 Å². The molecule has 144 valence electrons. The summed E-state index contributed by atoms with van der Waals surface area (Å²) in [7, 11) is 1.64. The summed E-state index contributed by atoms with van der Waals surface area (Å²) in [6.07, 6.45) is 3.51. The average molecular weight is 394 g/mol. The van der Waals surface area contributed by atoms with Gasteiger partial charge in [0, 0.05) is 32.3 Å². The fourth-order valence-corrected chi connectivity index (χ4v) is 4.30. The van der Waals surface area contributed by atoms with Crippen LogP contribution in [0, 0.1) is 0 Å². The summed E-state index contributed by atoms with van der Waals surface area (Å²) in [5.41, 5.74) is 2.06. The van der Waals surface area contributed by atoms with E-state index in [4.69, 9.17) is 9.72 Å². The summed E-state index contributed by atoms with van der Waals surface area (Å²) in [6, 6.07) is 15.9. The van der Waals surface area contributed by atoms with Crippen molar-refractivity contribution in [3.63, 3.8) is 0 Å². The molecular weight excluding hydrogens is 370 g/mol. The van der Waals surface area contributed by atoms with Gasteiger partial charge in [0.25, 0.3) is 0 Å². The molecule has 1 saturated heterocycles. The number of piperazine rings is 1. The van der Waals surface area contributed by atoms with E-state index in [0.29, 0.717) is 0 Å². The van der Waals surface area contributed by atoms with Gasteiger partial charge in [-0.1, -0.05) is 24.3 Å². The molecule has 0 radical (unpaired) electrons. The molecule has 0 aliphatic carbocycles. The van der Waals surface area contributed by atoms with E-state index in [9.17, 15) is 4.79 Å². The van der Waals surface area contributed by atoms with Crippen molar-refractivity contribution in [1.82, 2.24) is 14.8 Å². The summed E-state index contributed by atoms with van der Waals surface area (Å²) in [4.78, 5) is 21.5. The molecule has 3 aromatic rings. The molecule has 28 heavy (non-hydrogen) atoms. The zero-order valence-corrected chi connectivity index (χ0v) is 16.7. The molecule has 2 heterocycles. The van der Waals surface area contributed by atoms with Crippen LogP contribution in [0.15, 0.2) is 54.6 Å². The molecule has 1 fully saturated rings. The van der Waals surface area contributed by atoms with Crippen molar-refractivity contribution in [1.29, 1.82) is 0 Å². The summed E-state index contributed by atoms with van der Waals surface area (Å²) in [5.74, 6) is 0.878. The third-order valence-electron chi connectivity index (χ3n) is 4.92. The van der Waals surface area contributed by atoms with Crippen LogP contribution >= 0.6 is 11.3 Å². The molecule has 1 amide bonds. The van der Waals surface area contributed by atoms with Crippen LogP contribution in [-0.4, -0.2) is 54.0 Å². The number of fused-ring (bicyclic) bond motifs is 1. The number of ether oxygens (including phenoxy) is 1. The Bertz CT molecular complexity index is 940. The lowest BCUT2D eigenvalue weighted by molar-refractivity contribution is -0.127. The standard InChI is InChI=1S/C22H23N3O2S/c1-27-18-9-6-17(7-10-18)8-11-22(26)25-14-12-24(13-15-25)16-21-23-19-4-2-3-5-20(19)28-21/h2-11H,12-16H2,1H3. The van der Waals surface area contributed by atoms with Crippen LogP contribution in [0.2, 0.25) is 0 Å². The lowest BCUT2D eigenvalue weighted by atomic mass is 10.2. The number of aromatic nitrogens is 1. The van der Waals surface area contributed by atoms with E-state index in [1.807, 2.05) is 47.4 Å². The third kappa shape index (κ3) is 4.40. The van der Waals surface area contributed by atoms with Crippen LogP contribution in [0.4, 0.5) is 0 Å². The van der Waals surface area contributed by atoms with Gasteiger partial charge < -0.3 is 9.64 Å². The molecule has 1 aliphatic rings. The molecule has 2 aromatic carbocycles. The molecule has 0 saturated carbocycles. The van der Waals surface area contributed by atoms with E-state index < -0.39 is 0 Å². The van der Waals surface area contributed by atoms with Gasteiger partial charge in [-0.3, -0.25) is 9.69 Å². The first kappa shape index (κ1) is 18.7. The van der Waals surface area contributed by atoms with Crippen molar-refractivity contribution < 1.29 is 9.53 Å². The molecule has 0 spiro atoms. The smallest absolute Gasteiger partial charge is 0.246 e. The molecule has 1 aliphatic heterocycles. The van der Waals surface area contributed by atoms with Gasteiger partial charge in [0.2, 0.25) is 5.91 Å². The maximum absolute atomic E-state index is 12.5. The first-order valence-corrected chi connectivity index (χ1v) is 10.2. The number of amides is 1. The Morgan fingerprint density at radius 3 is 2.57 bits per heavy atom. The number of methoxy groups -OCH3 is 1. The normalized spacial score (nSPS) is 15.4. The van der Waals surface area contributed by atoms with E-state index in [1.54, 1.807) is 24.5 Å². The number of para-hydroxylation sites is 1. The average Bonchev–Trinajstić information content (AvgIpc) is 3.15. The Labute approximate surface area is 168 Å². The number of nitrogens with zero attached hydrogens (tertiary/aromatic N) is 3. The molecular formula is C22H23N3O2S. The quantitative estimate of drug-likeness (QED) is 0.621. The van der Waals surface area contributed by atoms with Crippen LogP contribution in [0.25, 0.3) is 16.3 Å². The second-order valence-corrected chi connectivity index (χ2v) is 7.90. The van der Waals surface area contributed by atoms with Gasteiger partial charge in [-0.2, -0.15) is 0 Å². The van der Waals surface area contributed by atoms with E-state index in [1.165, 1.54) is 4.70 Å². The van der Waals surface area contributed by atoms with E-state index in [0.717, 1.165) is 54.6 Å². The summed E-state index contributed by atoms with van der Waals surface area (Å²) in [6.45, 7) is 4.09. The lowest BCUT2D eigenvalue weighted by Gasteiger charge is -2.33. The second-order valence-electron chi connectivity index (χ2n) is 6.78. The van der Waals surface area contributed by atoms with E-state index in [-0.39, 0.29) is 5.91 Å². The van der Waals surface area contributed by atoms with Crippen molar-refractivity contribution in [2.75, 3.05) is 33.3 Å². The van der Waals surface area contributed by atoms with E-state index >= 15 is 0 Å². The van der Waals surface area contributed by atoms with Gasteiger partial charge in [0.05, 0.1) is 23.9 Å². The number of hydrogen-bond donors (Lipinski definition) is 0. The predicted octanol–water partition coefficient (Wildman–Crippen LogP) is 3.66. The van der Waals surface area contributed by atoms with Gasteiger partial charge in [-0.15, -0.1) is 11.3 Å². The highest BCUT2D eigenvalue weighted by Crippen LogP contribution is 2.23. The van der Waals surface area contributed by atoms with Gasteiger partial charge in [-0.25, -0.2) is 4.98 Å². The van der Waals surface area contributed by atoms with Crippen LogP contribution in [-0.2, 0) is 11.3 Å². The lowest BCUT2D eigenvalue weighted by Crippen LogP contribution is -2.47. The summed E-state index contributed by atoms with van der Waals surface area (Å²) < 4.78 is 6.38. The Morgan fingerprint density at radius 1 is 1.11 bits per heavy atom. The van der Waals surface area contributed by atoms with Crippen LogP contribution in [0.1, 0.15) is 10.6 Å². The van der Waals surface area contributed by atoms with Crippen molar-refractivity contribution in [2.45, 2.75) is 6.54 Å². The molecule has 4 rings (SSSR count). The van der Waals surface area contributed by atoms with Crippen LogP contribution < -0.4 is 4.74 Å². The topological polar surface area (TPSA) is 45.7 Å². The number of rotatable bonds is 5. The highest BCUT2D eigenvalue weighted by atomic mass is 32.1. The Kier molecular flexibility index (Phi) is 5.69. The SMILES string of the molecule is COc1ccc(C=CC(=O)N2CCN(Cc3nc4ccccc4s3)CC2)cc1. The molecule has 6 heteroatoms. The monoisotopic (exact) mass is 393 g/mol. The molecule has 1 aromatic heterocycles. The number of carbonyl (C=O) groups excluding carboxylic acids is 1. The van der Waals surface area contributed by atoms with Gasteiger partial charge >= 0.3 is 0 Å². The molecule has 5 nitrogen and oxygen atoms in total. The van der Waals surface area contributed by atoms with Gasteiger partial charge in [-0.05, 0) is 35.9 Å². The van der Waals surface area contributed by atoms with E-state index in [2.05, 4.69) is 17.0 Å². The van der Waals surface area contributed by atoms with Crippen molar-refractivity contribution in [2.24, 2.45) is 0 Å². The third-order valence-corrected chi connectivity index (χ3v) is 5.94. The van der Waals surface area contributed by atoms with Crippen LogP contribution in [0.3, 0.4) is 0 Å². The zero-order valence-electron chi connectivity index (χ0n) is 15.9. The predicted molar refractivity (Wildman–Crippen MR) is 114 cm³/mol. The van der Waals surface area contributed by atoms with Gasteiger partial charge in [0.15, 0.2) is 0 Å². The highest BCUT2D eigenvalue weighted by Gasteiger charge is 2.20. The molecule has 0 N–H and O–H groups in total. The maximum atomic E-state index is 12.5. The van der Waals surface area contributed by atoms with Crippen molar-refractivity contribution >= 4 is 33.5 Å². The number of hydrogen-bond acceptors (Lipinski definition) is 5. The second kappa shape index (κ2) is 8.54. The number of thiazole rings is 1. The van der Waals surface area contributed by atoms with Crippen LogP contribution in [0.5, 0.6) is 5.75 Å². The largest absolute Gasteiger partial charge is 0.497 e. The molecule has 0 bridgehead atoms. The first-order chi connectivity index (χ1) is 13.7. The maximum Gasteiger partial charge on any atom is 0.246 e. The fourth-order valence-electron chi connectivity index (χ4n) is 3.29. The Morgan fingerprint density at radius 2 is 1.86 bits per heavy atom. The van der Waals surface area contributed by atoms with Gasteiger partial charge in [0.1, 0.15) is 10.8 Å². The molecule has 0 atom stereocenters. The molecule has 0 unspecified atom stereocenters. The summed E-state index contributed by atoms with van der Waals surface area (Å²) in [5, 5.41) is 1.14. The zero-order chi connectivity index (χ0) is 19.3. The number of carbonyl (C=O) groups is 1. The minimum atomic E-state index is 0.0652.